The number of aromatic nitrogens is 2. The summed E-state index contributed by atoms with van der Waals surface area (Å²) < 4.78 is 5.18. The van der Waals surface area contributed by atoms with Crippen molar-refractivity contribution in [3.05, 3.63) is 11.7 Å². The minimum atomic E-state index is 0.539. The van der Waals surface area contributed by atoms with E-state index in [2.05, 4.69) is 42.9 Å². The minimum Gasteiger partial charge on any atom is -0.338 e. The largest absolute Gasteiger partial charge is 0.338 e. The molecule has 0 aromatic carbocycles. The SMILES string of the molecule is CCc1noc(CN(C)[C@H](C)CC(C)C)n1. The van der Waals surface area contributed by atoms with Crippen molar-refractivity contribution in [2.75, 3.05) is 7.05 Å². The first-order valence-electron chi connectivity index (χ1n) is 6.04. The molecule has 0 amide bonds. The molecule has 1 atom stereocenters. The maximum absolute atomic E-state index is 5.18. The monoisotopic (exact) mass is 225 g/mol. The highest BCUT2D eigenvalue weighted by atomic mass is 16.5. The van der Waals surface area contributed by atoms with Crippen LogP contribution in [0.2, 0.25) is 0 Å². The zero-order chi connectivity index (χ0) is 12.1. The zero-order valence-corrected chi connectivity index (χ0v) is 11.0. The number of nitrogens with zero attached hydrogens (tertiary/aromatic N) is 3. The Morgan fingerprint density at radius 3 is 2.50 bits per heavy atom. The minimum absolute atomic E-state index is 0.539. The van der Waals surface area contributed by atoms with Crippen LogP contribution >= 0.6 is 0 Å². The lowest BCUT2D eigenvalue weighted by Crippen LogP contribution is -2.29. The van der Waals surface area contributed by atoms with Crippen LogP contribution in [0.3, 0.4) is 0 Å². The molecule has 0 unspecified atom stereocenters. The van der Waals surface area contributed by atoms with Crippen molar-refractivity contribution in [3.8, 4) is 0 Å². The summed E-state index contributed by atoms with van der Waals surface area (Å²) in [4.78, 5) is 6.57. The van der Waals surface area contributed by atoms with Crippen molar-refractivity contribution >= 4 is 0 Å². The van der Waals surface area contributed by atoms with Gasteiger partial charge in [0.05, 0.1) is 6.54 Å². The molecule has 0 N–H and O–H groups in total. The van der Waals surface area contributed by atoms with Crippen LogP contribution in [-0.2, 0) is 13.0 Å². The van der Waals surface area contributed by atoms with Gasteiger partial charge in [0.25, 0.3) is 0 Å². The predicted molar refractivity (Wildman–Crippen MR) is 64.1 cm³/mol. The van der Waals surface area contributed by atoms with Gasteiger partial charge < -0.3 is 4.52 Å². The van der Waals surface area contributed by atoms with Crippen molar-refractivity contribution in [1.82, 2.24) is 15.0 Å². The summed E-state index contributed by atoms with van der Waals surface area (Å²) in [5.41, 5.74) is 0. The lowest BCUT2D eigenvalue weighted by Gasteiger charge is -2.24. The standard InChI is InChI=1S/C12H23N3O/c1-6-11-13-12(16-14-11)8-15(5)10(4)7-9(2)3/h9-10H,6-8H2,1-5H3/t10-/m1/s1. The second-order valence-corrected chi connectivity index (χ2v) is 4.85. The van der Waals surface area contributed by atoms with Crippen molar-refractivity contribution in [1.29, 1.82) is 0 Å². The topological polar surface area (TPSA) is 42.2 Å². The summed E-state index contributed by atoms with van der Waals surface area (Å²) in [5, 5.41) is 3.90. The zero-order valence-electron chi connectivity index (χ0n) is 11.0. The molecule has 0 aliphatic heterocycles. The van der Waals surface area contributed by atoms with E-state index in [4.69, 9.17) is 4.52 Å². The lowest BCUT2D eigenvalue weighted by atomic mass is 10.0. The number of hydrogen-bond acceptors (Lipinski definition) is 4. The normalized spacial score (nSPS) is 13.7. The maximum atomic E-state index is 5.18. The van der Waals surface area contributed by atoms with Gasteiger partial charge in [0.1, 0.15) is 0 Å². The first-order valence-corrected chi connectivity index (χ1v) is 6.04. The van der Waals surface area contributed by atoms with Crippen molar-refractivity contribution in [3.63, 3.8) is 0 Å². The Morgan fingerprint density at radius 1 is 1.31 bits per heavy atom. The summed E-state index contributed by atoms with van der Waals surface area (Å²) >= 11 is 0. The Labute approximate surface area is 98.0 Å². The first kappa shape index (κ1) is 13.2. The molecule has 16 heavy (non-hydrogen) atoms. The van der Waals surface area contributed by atoms with E-state index in [0.29, 0.717) is 12.0 Å². The van der Waals surface area contributed by atoms with Crippen LogP contribution in [-0.4, -0.2) is 28.1 Å². The van der Waals surface area contributed by atoms with E-state index < -0.39 is 0 Å². The van der Waals surface area contributed by atoms with Gasteiger partial charge in [0.2, 0.25) is 5.89 Å². The van der Waals surface area contributed by atoms with E-state index in [1.165, 1.54) is 6.42 Å². The Morgan fingerprint density at radius 2 is 2.00 bits per heavy atom. The third-order valence-electron chi connectivity index (χ3n) is 2.78. The quantitative estimate of drug-likeness (QED) is 0.746. The molecule has 0 saturated heterocycles. The predicted octanol–water partition coefficient (Wildman–Crippen LogP) is 2.50. The highest BCUT2D eigenvalue weighted by Crippen LogP contribution is 2.12. The Hall–Kier alpha value is -0.900. The summed E-state index contributed by atoms with van der Waals surface area (Å²) in [6.45, 7) is 9.48. The Balaban J connectivity index is 2.46. The van der Waals surface area contributed by atoms with Crippen LogP contribution in [0.4, 0.5) is 0 Å². The van der Waals surface area contributed by atoms with Gasteiger partial charge in [-0.25, -0.2) is 0 Å². The van der Waals surface area contributed by atoms with Crippen LogP contribution < -0.4 is 0 Å². The molecule has 0 radical (unpaired) electrons. The number of hydrogen-bond donors (Lipinski definition) is 0. The van der Waals surface area contributed by atoms with E-state index in [1.807, 2.05) is 6.92 Å². The van der Waals surface area contributed by atoms with E-state index in [0.717, 1.165) is 24.7 Å². The maximum Gasteiger partial charge on any atom is 0.240 e. The van der Waals surface area contributed by atoms with Gasteiger partial charge in [-0.15, -0.1) is 0 Å². The van der Waals surface area contributed by atoms with Crippen LogP contribution in [0.15, 0.2) is 4.52 Å². The molecule has 0 aliphatic carbocycles. The summed E-state index contributed by atoms with van der Waals surface area (Å²) in [6, 6.07) is 0.539. The lowest BCUT2D eigenvalue weighted by molar-refractivity contribution is 0.194. The van der Waals surface area contributed by atoms with E-state index >= 15 is 0 Å². The van der Waals surface area contributed by atoms with Crippen molar-refractivity contribution < 1.29 is 4.52 Å². The Bertz CT molecular complexity index is 309. The van der Waals surface area contributed by atoms with Crippen LogP contribution in [0.5, 0.6) is 0 Å². The van der Waals surface area contributed by atoms with E-state index in [9.17, 15) is 0 Å². The van der Waals surface area contributed by atoms with Crippen molar-refractivity contribution in [2.24, 2.45) is 5.92 Å². The van der Waals surface area contributed by atoms with Crippen LogP contribution in [0.25, 0.3) is 0 Å². The first-order chi connectivity index (χ1) is 7.52. The van der Waals surface area contributed by atoms with Gasteiger partial charge in [-0.05, 0) is 26.3 Å². The average Bonchev–Trinajstić information content (AvgIpc) is 2.64. The summed E-state index contributed by atoms with van der Waals surface area (Å²) in [6.07, 6.45) is 2.01. The van der Waals surface area contributed by atoms with Crippen LogP contribution in [0.1, 0.15) is 45.8 Å². The molecule has 4 nitrogen and oxygen atoms in total. The highest BCUT2D eigenvalue weighted by Gasteiger charge is 2.14. The second-order valence-electron chi connectivity index (χ2n) is 4.85. The van der Waals surface area contributed by atoms with Gasteiger partial charge in [-0.1, -0.05) is 25.9 Å². The smallest absolute Gasteiger partial charge is 0.240 e. The molecule has 1 aromatic heterocycles. The molecular formula is C12H23N3O. The molecule has 0 bridgehead atoms. The molecule has 0 spiro atoms. The third-order valence-corrected chi connectivity index (χ3v) is 2.78. The molecule has 4 heteroatoms. The molecule has 1 aromatic rings. The average molecular weight is 225 g/mol. The molecule has 0 aliphatic rings. The van der Waals surface area contributed by atoms with E-state index in [1.54, 1.807) is 0 Å². The molecule has 0 fully saturated rings. The molecule has 0 saturated carbocycles. The molecule has 92 valence electrons. The van der Waals surface area contributed by atoms with Gasteiger partial charge in [0.15, 0.2) is 5.82 Å². The molecule has 1 heterocycles. The van der Waals surface area contributed by atoms with Crippen LogP contribution in [0, 0.1) is 5.92 Å². The highest BCUT2D eigenvalue weighted by molar-refractivity contribution is 4.85. The fourth-order valence-electron chi connectivity index (χ4n) is 1.73. The second kappa shape index (κ2) is 5.99. The van der Waals surface area contributed by atoms with Gasteiger partial charge in [0, 0.05) is 12.5 Å². The summed E-state index contributed by atoms with van der Waals surface area (Å²) in [7, 11) is 2.10. The van der Waals surface area contributed by atoms with Gasteiger partial charge in [-0.2, -0.15) is 4.98 Å². The van der Waals surface area contributed by atoms with Gasteiger partial charge in [-0.3, -0.25) is 4.90 Å². The fourth-order valence-corrected chi connectivity index (χ4v) is 1.73. The third kappa shape index (κ3) is 3.93. The molecular weight excluding hydrogens is 202 g/mol. The van der Waals surface area contributed by atoms with Crippen molar-refractivity contribution in [2.45, 2.75) is 53.1 Å². The Kier molecular flexibility index (Phi) is 4.93. The number of rotatable bonds is 6. The molecule has 1 rings (SSSR count). The van der Waals surface area contributed by atoms with E-state index in [-0.39, 0.29) is 0 Å². The summed E-state index contributed by atoms with van der Waals surface area (Å²) in [5.74, 6) is 2.22. The van der Waals surface area contributed by atoms with Gasteiger partial charge >= 0.3 is 0 Å². The fraction of sp³-hybridized carbons (Fsp3) is 0.833. The number of aryl methyl sites for hydroxylation is 1.